The third kappa shape index (κ3) is 4.68. The third-order valence-electron chi connectivity index (χ3n) is 4.11. The summed E-state index contributed by atoms with van der Waals surface area (Å²) in [4.78, 5) is 54.7. The molecule has 3 rings (SSSR count). The molecule has 31 heavy (non-hydrogen) atoms. The zero-order valence-electron chi connectivity index (χ0n) is 16.8. The van der Waals surface area contributed by atoms with Crippen molar-refractivity contribution < 1.29 is 37.5 Å². The minimum atomic E-state index is -1.83. The number of hydrogen-bond donors (Lipinski definition) is 1. The van der Waals surface area contributed by atoms with Gasteiger partial charge in [-0.15, -0.1) is 0 Å². The lowest BCUT2D eigenvalue weighted by Gasteiger charge is -2.24. The number of nitrogens with zero attached hydrogens (tertiary/aromatic N) is 1. The van der Waals surface area contributed by atoms with Gasteiger partial charge in [0.05, 0.1) is 11.1 Å². The molecule has 1 atom stereocenters. The maximum atomic E-state index is 14.3. The minimum absolute atomic E-state index is 0.0184. The number of nitrogens with one attached hydrogen (secondary N) is 1. The Morgan fingerprint density at radius 2 is 1.58 bits per heavy atom. The molecule has 0 aliphatic carbocycles. The summed E-state index contributed by atoms with van der Waals surface area (Å²) in [5.41, 5.74) is -1.36. The minimum Gasteiger partial charge on any atom is -0.444 e. The molecule has 1 aliphatic heterocycles. The number of imide groups is 1. The summed E-state index contributed by atoms with van der Waals surface area (Å²) < 4.78 is 32.7. The van der Waals surface area contributed by atoms with E-state index in [4.69, 9.17) is 9.57 Å². The molecule has 0 saturated heterocycles. The molecule has 8 nitrogen and oxygen atoms in total. The number of hydroxylamine groups is 2. The van der Waals surface area contributed by atoms with Crippen molar-refractivity contribution in [2.24, 2.45) is 0 Å². The summed E-state index contributed by atoms with van der Waals surface area (Å²) in [5.74, 6) is -5.22. The molecule has 0 radical (unpaired) electrons. The molecule has 3 amide bonds. The highest BCUT2D eigenvalue weighted by Gasteiger charge is 2.41. The van der Waals surface area contributed by atoms with Crippen LogP contribution in [0, 0.1) is 11.6 Å². The number of alkyl carbamates (subject to hydrolysis) is 1. The zero-order chi connectivity index (χ0) is 22.9. The summed E-state index contributed by atoms with van der Waals surface area (Å²) in [6, 6.07) is 6.27. The Morgan fingerprint density at radius 3 is 2.10 bits per heavy atom. The van der Waals surface area contributed by atoms with Crippen molar-refractivity contribution in [1.82, 2.24) is 10.4 Å². The van der Waals surface area contributed by atoms with Crippen molar-refractivity contribution >= 4 is 23.9 Å². The number of ether oxygens (including phenoxy) is 1. The first-order chi connectivity index (χ1) is 14.5. The smallest absolute Gasteiger partial charge is 0.408 e. The van der Waals surface area contributed by atoms with Gasteiger partial charge in [-0.1, -0.05) is 23.3 Å². The summed E-state index contributed by atoms with van der Waals surface area (Å²) in [7, 11) is 0. The summed E-state index contributed by atoms with van der Waals surface area (Å²) >= 11 is 0. The van der Waals surface area contributed by atoms with Crippen LogP contribution in [-0.2, 0) is 14.4 Å². The summed E-state index contributed by atoms with van der Waals surface area (Å²) in [6.45, 7) is 4.70. The van der Waals surface area contributed by atoms with Crippen LogP contribution >= 0.6 is 0 Å². The van der Waals surface area contributed by atoms with Crippen LogP contribution in [0.4, 0.5) is 13.6 Å². The van der Waals surface area contributed by atoms with E-state index in [1.54, 1.807) is 20.8 Å². The molecule has 0 spiro atoms. The van der Waals surface area contributed by atoms with Crippen molar-refractivity contribution in [3.8, 4) is 0 Å². The number of benzene rings is 2. The average molecular weight is 432 g/mol. The molecule has 1 unspecified atom stereocenters. The number of rotatable bonds is 4. The maximum Gasteiger partial charge on any atom is 0.408 e. The Labute approximate surface area is 175 Å². The van der Waals surface area contributed by atoms with Gasteiger partial charge < -0.3 is 14.9 Å². The highest BCUT2D eigenvalue weighted by molar-refractivity contribution is 6.20. The van der Waals surface area contributed by atoms with Crippen molar-refractivity contribution in [2.75, 3.05) is 0 Å². The molecule has 1 aliphatic rings. The summed E-state index contributed by atoms with van der Waals surface area (Å²) in [6.07, 6.45) is -1.10. The first-order valence-corrected chi connectivity index (χ1v) is 9.12. The number of hydrogen-bond acceptors (Lipinski definition) is 6. The van der Waals surface area contributed by atoms with Crippen molar-refractivity contribution in [1.29, 1.82) is 0 Å². The number of carbonyl (C=O) groups is 4. The largest absolute Gasteiger partial charge is 0.444 e. The van der Waals surface area contributed by atoms with E-state index in [2.05, 4.69) is 5.32 Å². The van der Waals surface area contributed by atoms with Crippen LogP contribution in [0.3, 0.4) is 0 Å². The van der Waals surface area contributed by atoms with E-state index in [-0.39, 0.29) is 16.2 Å². The van der Waals surface area contributed by atoms with Gasteiger partial charge in [-0.25, -0.2) is 18.4 Å². The highest BCUT2D eigenvalue weighted by Crippen LogP contribution is 2.26. The predicted octanol–water partition coefficient (Wildman–Crippen LogP) is 3.29. The lowest BCUT2D eigenvalue weighted by atomic mass is 10.1. The van der Waals surface area contributed by atoms with Crippen LogP contribution in [0.5, 0.6) is 0 Å². The first kappa shape index (κ1) is 21.9. The number of amides is 3. The fourth-order valence-electron chi connectivity index (χ4n) is 2.82. The Kier molecular flexibility index (Phi) is 5.74. The lowest BCUT2D eigenvalue weighted by Crippen LogP contribution is -2.42. The van der Waals surface area contributed by atoms with E-state index < -0.39 is 52.7 Å². The molecule has 10 heteroatoms. The van der Waals surface area contributed by atoms with Crippen LogP contribution in [0.25, 0.3) is 0 Å². The molecule has 0 bridgehead atoms. The van der Waals surface area contributed by atoms with Crippen LogP contribution in [0.1, 0.15) is 53.1 Å². The van der Waals surface area contributed by atoms with Gasteiger partial charge in [-0.3, -0.25) is 9.59 Å². The second-order valence-electron chi connectivity index (χ2n) is 7.61. The van der Waals surface area contributed by atoms with E-state index in [1.165, 1.54) is 24.3 Å². The van der Waals surface area contributed by atoms with E-state index >= 15 is 0 Å². The fourth-order valence-corrected chi connectivity index (χ4v) is 2.82. The van der Waals surface area contributed by atoms with Gasteiger partial charge in [0.1, 0.15) is 17.2 Å². The Balaban J connectivity index is 1.88. The quantitative estimate of drug-likeness (QED) is 0.744. The van der Waals surface area contributed by atoms with Gasteiger partial charge in [0.25, 0.3) is 11.8 Å². The van der Waals surface area contributed by atoms with Gasteiger partial charge in [0.15, 0.2) is 6.04 Å². The number of fused-ring (bicyclic) bond motifs is 1. The number of halogens is 2. The van der Waals surface area contributed by atoms with Gasteiger partial charge >= 0.3 is 12.1 Å². The van der Waals surface area contributed by atoms with Gasteiger partial charge in [0, 0.05) is 11.6 Å². The molecule has 162 valence electrons. The van der Waals surface area contributed by atoms with Crippen LogP contribution in [0.15, 0.2) is 42.5 Å². The van der Waals surface area contributed by atoms with Crippen molar-refractivity contribution in [3.05, 3.63) is 70.8 Å². The highest BCUT2D eigenvalue weighted by atomic mass is 19.1. The molecule has 0 saturated carbocycles. The fraction of sp³-hybridized carbons (Fsp3) is 0.238. The van der Waals surface area contributed by atoms with E-state index in [1.807, 2.05) is 0 Å². The van der Waals surface area contributed by atoms with E-state index in [0.717, 1.165) is 12.1 Å². The maximum absolute atomic E-state index is 14.3. The molecule has 2 aromatic rings. The second-order valence-corrected chi connectivity index (χ2v) is 7.61. The summed E-state index contributed by atoms with van der Waals surface area (Å²) in [5, 5.41) is 2.35. The van der Waals surface area contributed by atoms with Gasteiger partial charge in [-0.2, -0.15) is 0 Å². The van der Waals surface area contributed by atoms with Crippen molar-refractivity contribution in [3.63, 3.8) is 0 Å². The molecule has 0 fully saturated rings. The zero-order valence-corrected chi connectivity index (χ0v) is 16.8. The third-order valence-corrected chi connectivity index (χ3v) is 4.11. The molecule has 1 heterocycles. The second kappa shape index (κ2) is 8.13. The molecule has 0 aromatic heterocycles. The van der Waals surface area contributed by atoms with Crippen molar-refractivity contribution in [2.45, 2.75) is 32.4 Å². The normalized spacial score (nSPS) is 14.2. The van der Waals surface area contributed by atoms with Crippen LogP contribution in [0.2, 0.25) is 0 Å². The van der Waals surface area contributed by atoms with Crippen LogP contribution < -0.4 is 5.32 Å². The molecular formula is C21H18F2N2O6. The van der Waals surface area contributed by atoms with Gasteiger partial charge in [-0.05, 0) is 39.0 Å². The monoisotopic (exact) mass is 432 g/mol. The number of carbonyl (C=O) groups excluding carboxylic acids is 4. The van der Waals surface area contributed by atoms with Gasteiger partial charge in [0.2, 0.25) is 0 Å². The predicted molar refractivity (Wildman–Crippen MR) is 102 cm³/mol. The van der Waals surface area contributed by atoms with E-state index in [0.29, 0.717) is 6.07 Å². The average Bonchev–Trinajstić information content (AvgIpc) is 2.90. The van der Waals surface area contributed by atoms with Crippen LogP contribution in [-0.4, -0.2) is 34.5 Å². The standard InChI is InChI=1S/C21H18F2N2O6/c1-21(2,3)30-20(29)24-16(14-9-8-11(22)10-15(14)23)19(28)31-25-17(26)12-6-4-5-7-13(12)18(25)27/h4-10,16H,1-3H3,(H,24,29). The Bertz CT molecular complexity index is 1040. The topological polar surface area (TPSA) is 102 Å². The Hall–Kier alpha value is -3.82. The molecule has 2 aromatic carbocycles. The first-order valence-electron chi connectivity index (χ1n) is 9.12. The SMILES string of the molecule is CC(C)(C)OC(=O)NC(C(=O)ON1C(=O)c2ccccc2C1=O)c1ccc(F)cc1F. The van der Waals surface area contributed by atoms with E-state index in [9.17, 15) is 28.0 Å². The molecular weight excluding hydrogens is 414 g/mol. The lowest BCUT2D eigenvalue weighted by molar-refractivity contribution is -0.171. The Morgan fingerprint density at radius 1 is 1.00 bits per heavy atom. The molecule has 1 N–H and O–H groups in total.